The van der Waals surface area contributed by atoms with Crippen molar-refractivity contribution in [3.63, 3.8) is 0 Å². The number of aliphatic imine (C=N–C) groups is 1. The number of hydrogen-bond acceptors (Lipinski definition) is 4. The Balaban J connectivity index is 0.00000480. The molecule has 0 fully saturated rings. The lowest BCUT2D eigenvalue weighted by atomic mass is 10.2. The van der Waals surface area contributed by atoms with Crippen molar-refractivity contribution in [2.75, 3.05) is 33.9 Å². The number of hydrogen-bond donors (Lipinski definition) is 2. The number of guanidine groups is 1. The molecule has 0 spiro atoms. The second-order valence-corrected chi connectivity index (χ2v) is 6.26. The zero-order chi connectivity index (χ0) is 21.8. The van der Waals surface area contributed by atoms with Gasteiger partial charge in [0.05, 0.1) is 20.3 Å². The van der Waals surface area contributed by atoms with Crippen molar-refractivity contribution in [2.24, 2.45) is 4.99 Å². The summed E-state index contributed by atoms with van der Waals surface area (Å²) in [5.41, 5.74) is 1.86. The van der Waals surface area contributed by atoms with Gasteiger partial charge < -0.3 is 24.8 Å². The molecule has 0 amide bonds. The maximum atomic E-state index is 12.2. The number of alkyl halides is 3. The van der Waals surface area contributed by atoms with E-state index in [2.05, 4.69) is 15.6 Å². The van der Waals surface area contributed by atoms with Gasteiger partial charge in [0.1, 0.15) is 11.5 Å². The maximum absolute atomic E-state index is 12.2. The van der Waals surface area contributed by atoms with Gasteiger partial charge in [0.25, 0.3) is 0 Å². The molecule has 172 valence electrons. The standard InChI is InChI=1S/C21H26F3N3O3.HI/c1-25-20(26-11-12-29-14-17-5-3-4-6-19(17)28-2)27-13-16-7-9-18(10-8-16)30-15-21(22,23)24;/h3-10H,11-15H2,1-2H3,(H2,25,26,27);1H. The van der Waals surface area contributed by atoms with Crippen LogP contribution in [-0.2, 0) is 17.9 Å². The van der Waals surface area contributed by atoms with Gasteiger partial charge in [-0.2, -0.15) is 13.2 Å². The van der Waals surface area contributed by atoms with Crippen LogP contribution in [0.3, 0.4) is 0 Å². The highest BCUT2D eigenvalue weighted by atomic mass is 127. The van der Waals surface area contributed by atoms with Crippen LogP contribution in [0.2, 0.25) is 0 Å². The molecule has 2 aromatic carbocycles. The van der Waals surface area contributed by atoms with Gasteiger partial charge in [-0.1, -0.05) is 30.3 Å². The molecule has 2 rings (SSSR count). The molecule has 0 aliphatic carbocycles. The van der Waals surface area contributed by atoms with Gasteiger partial charge in [0.2, 0.25) is 0 Å². The van der Waals surface area contributed by atoms with E-state index in [4.69, 9.17) is 14.2 Å². The molecule has 0 bridgehead atoms. The zero-order valence-electron chi connectivity index (χ0n) is 17.4. The summed E-state index contributed by atoms with van der Waals surface area (Å²) in [6.45, 7) is 0.630. The molecule has 0 aliphatic heterocycles. The summed E-state index contributed by atoms with van der Waals surface area (Å²) in [5.74, 6) is 1.55. The zero-order valence-corrected chi connectivity index (χ0v) is 19.7. The third kappa shape index (κ3) is 10.6. The summed E-state index contributed by atoms with van der Waals surface area (Å²) < 4.78 is 52.1. The van der Waals surface area contributed by atoms with Crippen LogP contribution in [0.4, 0.5) is 13.2 Å². The van der Waals surface area contributed by atoms with E-state index in [0.717, 1.165) is 16.9 Å². The highest BCUT2D eigenvalue weighted by Crippen LogP contribution is 2.19. The second kappa shape index (κ2) is 14.0. The monoisotopic (exact) mass is 553 g/mol. The molecule has 0 atom stereocenters. The fourth-order valence-electron chi connectivity index (χ4n) is 2.52. The Morgan fingerprint density at radius 1 is 1.03 bits per heavy atom. The molecule has 0 heterocycles. The molecule has 10 heteroatoms. The first kappa shape index (κ1) is 26.8. The molecular formula is C21H27F3IN3O3. The number of methoxy groups -OCH3 is 1. The van der Waals surface area contributed by atoms with Crippen LogP contribution in [0.25, 0.3) is 0 Å². The Bertz CT molecular complexity index is 802. The highest BCUT2D eigenvalue weighted by Gasteiger charge is 2.28. The number of ether oxygens (including phenoxy) is 3. The molecule has 6 nitrogen and oxygen atoms in total. The first-order chi connectivity index (χ1) is 14.4. The minimum Gasteiger partial charge on any atom is -0.496 e. The first-order valence-electron chi connectivity index (χ1n) is 9.34. The highest BCUT2D eigenvalue weighted by molar-refractivity contribution is 14.0. The summed E-state index contributed by atoms with van der Waals surface area (Å²) >= 11 is 0. The molecule has 31 heavy (non-hydrogen) atoms. The Labute approximate surface area is 197 Å². The van der Waals surface area contributed by atoms with E-state index in [1.165, 1.54) is 12.1 Å². The van der Waals surface area contributed by atoms with Crippen molar-refractivity contribution >= 4 is 29.9 Å². The summed E-state index contributed by atoms with van der Waals surface area (Å²) in [4.78, 5) is 4.13. The Morgan fingerprint density at radius 2 is 1.74 bits per heavy atom. The molecule has 2 N–H and O–H groups in total. The van der Waals surface area contributed by atoms with Crippen LogP contribution in [0.1, 0.15) is 11.1 Å². The number of nitrogens with zero attached hydrogens (tertiary/aromatic N) is 1. The second-order valence-electron chi connectivity index (χ2n) is 6.26. The largest absolute Gasteiger partial charge is 0.496 e. The van der Waals surface area contributed by atoms with Crippen LogP contribution >= 0.6 is 24.0 Å². The fraction of sp³-hybridized carbons (Fsp3) is 0.381. The van der Waals surface area contributed by atoms with Gasteiger partial charge in [-0.3, -0.25) is 4.99 Å². The van der Waals surface area contributed by atoms with Gasteiger partial charge in [-0.05, 0) is 23.8 Å². The quantitative estimate of drug-likeness (QED) is 0.201. The molecule has 2 aromatic rings. The van der Waals surface area contributed by atoms with E-state index in [1.54, 1.807) is 26.3 Å². The van der Waals surface area contributed by atoms with E-state index in [-0.39, 0.29) is 29.7 Å². The normalized spacial score (nSPS) is 11.5. The van der Waals surface area contributed by atoms with Crippen LogP contribution in [0.5, 0.6) is 11.5 Å². The molecule has 0 radical (unpaired) electrons. The lowest BCUT2D eigenvalue weighted by molar-refractivity contribution is -0.153. The number of para-hydroxylation sites is 1. The predicted molar refractivity (Wildman–Crippen MR) is 124 cm³/mol. The number of nitrogens with one attached hydrogen (secondary N) is 2. The van der Waals surface area contributed by atoms with Crippen molar-refractivity contribution in [2.45, 2.75) is 19.3 Å². The van der Waals surface area contributed by atoms with E-state index >= 15 is 0 Å². The minimum atomic E-state index is -4.35. The fourth-order valence-corrected chi connectivity index (χ4v) is 2.52. The predicted octanol–water partition coefficient (Wildman–Crippen LogP) is 4.14. The summed E-state index contributed by atoms with van der Waals surface area (Å²) in [7, 11) is 3.28. The average Bonchev–Trinajstić information content (AvgIpc) is 2.74. The number of benzene rings is 2. The molecule has 0 aromatic heterocycles. The van der Waals surface area contributed by atoms with Crippen LogP contribution < -0.4 is 20.1 Å². The molecule has 0 saturated carbocycles. The van der Waals surface area contributed by atoms with Gasteiger partial charge in [0.15, 0.2) is 12.6 Å². The van der Waals surface area contributed by atoms with Gasteiger partial charge in [0, 0.05) is 25.7 Å². The lowest BCUT2D eigenvalue weighted by Gasteiger charge is -2.13. The van der Waals surface area contributed by atoms with Crippen molar-refractivity contribution in [1.29, 1.82) is 0 Å². The minimum absolute atomic E-state index is 0. The van der Waals surface area contributed by atoms with Crippen LogP contribution in [-0.4, -0.2) is 46.1 Å². The number of halogens is 4. The van der Waals surface area contributed by atoms with Gasteiger partial charge >= 0.3 is 6.18 Å². The van der Waals surface area contributed by atoms with Crippen molar-refractivity contribution in [3.05, 3.63) is 59.7 Å². The number of rotatable bonds is 10. The van der Waals surface area contributed by atoms with Crippen LogP contribution in [0.15, 0.2) is 53.5 Å². The molecule has 0 saturated heterocycles. The molecular weight excluding hydrogens is 526 g/mol. The third-order valence-electron chi connectivity index (χ3n) is 4.00. The molecule has 0 aliphatic rings. The average molecular weight is 553 g/mol. The van der Waals surface area contributed by atoms with Crippen molar-refractivity contribution < 1.29 is 27.4 Å². The maximum Gasteiger partial charge on any atom is 0.422 e. The van der Waals surface area contributed by atoms with Crippen molar-refractivity contribution in [3.8, 4) is 11.5 Å². The van der Waals surface area contributed by atoms with Crippen LogP contribution in [0, 0.1) is 0 Å². The topological polar surface area (TPSA) is 64.1 Å². The van der Waals surface area contributed by atoms with E-state index in [0.29, 0.717) is 32.3 Å². The van der Waals surface area contributed by atoms with E-state index < -0.39 is 12.8 Å². The van der Waals surface area contributed by atoms with E-state index in [1.807, 2.05) is 24.3 Å². The summed E-state index contributed by atoms with van der Waals surface area (Å²) in [5, 5.41) is 6.27. The smallest absolute Gasteiger partial charge is 0.422 e. The first-order valence-corrected chi connectivity index (χ1v) is 9.34. The molecule has 0 unspecified atom stereocenters. The third-order valence-corrected chi connectivity index (χ3v) is 4.00. The SMILES string of the molecule is CN=C(NCCOCc1ccccc1OC)NCc1ccc(OCC(F)(F)F)cc1.I. The van der Waals surface area contributed by atoms with Gasteiger partial charge in [-0.25, -0.2) is 0 Å². The van der Waals surface area contributed by atoms with E-state index in [9.17, 15) is 13.2 Å². The summed E-state index contributed by atoms with van der Waals surface area (Å²) in [6, 6.07) is 14.1. The lowest BCUT2D eigenvalue weighted by Crippen LogP contribution is -2.38. The Kier molecular flexibility index (Phi) is 12.1. The van der Waals surface area contributed by atoms with Crippen molar-refractivity contribution in [1.82, 2.24) is 10.6 Å². The van der Waals surface area contributed by atoms with Gasteiger partial charge in [-0.15, -0.1) is 24.0 Å². The Morgan fingerprint density at radius 3 is 2.39 bits per heavy atom. The summed E-state index contributed by atoms with van der Waals surface area (Å²) in [6.07, 6.45) is -4.35. The Hall–Kier alpha value is -2.21.